The van der Waals surface area contributed by atoms with Crippen molar-refractivity contribution in [2.24, 2.45) is 5.73 Å². The van der Waals surface area contributed by atoms with E-state index in [0.29, 0.717) is 6.61 Å². The molecule has 0 aliphatic heterocycles. The summed E-state index contributed by atoms with van der Waals surface area (Å²) < 4.78 is 15.6. The summed E-state index contributed by atoms with van der Waals surface area (Å²) >= 11 is 0. The Morgan fingerprint density at radius 1 is 1.31 bits per heavy atom. The second kappa shape index (κ2) is 8.65. The van der Waals surface area contributed by atoms with Crippen LogP contribution >= 0.6 is 0 Å². The van der Waals surface area contributed by atoms with Crippen molar-refractivity contribution < 1.29 is 13.9 Å². The van der Waals surface area contributed by atoms with Gasteiger partial charge in [0.1, 0.15) is 0 Å². The molecule has 0 amide bonds. The minimum Gasteiger partial charge on any atom is -0.415 e. The highest BCUT2D eigenvalue weighted by Gasteiger charge is 2.09. The van der Waals surface area contributed by atoms with Crippen molar-refractivity contribution in [3.63, 3.8) is 0 Å². The van der Waals surface area contributed by atoms with Crippen LogP contribution in [0.3, 0.4) is 0 Å². The Bertz CT molecular complexity index is 112. The number of nitrogens with two attached hydrogens (primary N) is 1. The van der Waals surface area contributed by atoms with Crippen LogP contribution in [-0.2, 0) is 13.9 Å². The van der Waals surface area contributed by atoms with E-state index in [1.54, 1.807) is 14.2 Å². The molecule has 0 bridgehead atoms. The zero-order valence-corrected chi connectivity index (χ0v) is 9.94. The van der Waals surface area contributed by atoms with Crippen LogP contribution in [0.5, 0.6) is 0 Å². The molecule has 0 aliphatic rings. The highest BCUT2D eigenvalue weighted by atomic mass is 28.3. The van der Waals surface area contributed by atoms with Crippen LogP contribution in [-0.4, -0.2) is 42.7 Å². The van der Waals surface area contributed by atoms with Crippen molar-refractivity contribution >= 4 is 9.04 Å². The molecule has 0 spiro atoms. The van der Waals surface area contributed by atoms with Gasteiger partial charge in [-0.15, -0.1) is 0 Å². The number of ether oxygens (including phenoxy) is 2. The van der Waals surface area contributed by atoms with E-state index in [1.807, 2.05) is 0 Å². The number of hydrogen-bond donors (Lipinski definition) is 1. The molecule has 4 nitrogen and oxygen atoms in total. The molecule has 80 valence electrons. The van der Waals surface area contributed by atoms with E-state index in [-0.39, 0.29) is 6.29 Å². The van der Waals surface area contributed by atoms with Gasteiger partial charge in [0.05, 0.1) is 6.61 Å². The minimum absolute atomic E-state index is 0.229. The summed E-state index contributed by atoms with van der Waals surface area (Å²) in [5.74, 6) is 0. The minimum atomic E-state index is -1.04. The second-order valence-electron chi connectivity index (χ2n) is 2.98. The van der Waals surface area contributed by atoms with Gasteiger partial charge in [0.15, 0.2) is 15.3 Å². The van der Waals surface area contributed by atoms with Gasteiger partial charge in [-0.05, 0) is 25.6 Å². The largest absolute Gasteiger partial charge is 0.415 e. The molecule has 0 fully saturated rings. The van der Waals surface area contributed by atoms with E-state index in [1.165, 1.54) is 0 Å². The van der Waals surface area contributed by atoms with Gasteiger partial charge < -0.3 is 19.6 Å². The Kier molecular flexibility index (Phi) is 8.68. The molecule has 0 saturated heterocycles. The maximum absolute atomic E-state index is 5.62. The maximum atomic E-state index is 5.62. The van der Waals surface area contributed by atoms with Crippen LogP contribution in [0.15, 0.2) is 0 Å². The van der Waals surface area contributed by atoms with Gasteiger partial charge in [-0.1, -0.05) is 0 Å². The monoisotopic (exact) mass is 207 g/mol. The number of hydrogen-bond acceptors (Lipinski definition) is 4. The standard InChI is InChI=1S/C8H21NO3Si/c1-10-8(11-2)7-12-13(3)6-4-5-9/h8,13H,4-7,9H2,1-3H3. The zero-order valence-electron chi connectivity index (χ0n) is 8.79. The molecule has 5 heteroatoms. The van der Waals surface area contributed by atoms with Crippen LogP contribution < -0.4 is 5.73 Å². The van der Waals surface area contributed by atoms with Gasteiger partial charge in [0.25, 0.3) is 0 Å². The lowest BCUT2D eigenvalue weighted by molar-refractivity contribution is -0.122. The van der Waals surface area contributed by atoms with Gasteiger partial charge in [0, 0.05) is 14.2 Å². The molecule has 1 unspecified atom stereocenters. The lowest BCUT2D eigenvalue weighted by atomic mass is 10.5. The molecule has 0 aromatic rings. The summed E-state index contributed by atoms with van der Waals surface area (Å²) in [4.78, 5) is 0. The summed E-state index contributed by atoms with van der Waals surface area (Å²) in [6, 6.07) is 1.12. The molecule has 0 heterocycles. The Morgan fingerprint density at radius 2 is 1.92 bits per heavy atom. The molecule has 1 atom stereocenters. The lowest BCUT2D eigenvalue weighted by Gasteiger charge is -2.16. The summed E-state index contributed by atoms with van der Waals surface area (Å²) in [5, 5.41) is 0. The molecule has 2 N–H and O–H groups in total. The summed E-state index contributed by atoms with van der Waals surface area (Å²) in [6.07, 6.45) is 0.825. The molecule has 0 aromatic heterocycles. The third-order valence-corrected chi connectivity index (χ3v) is 3.84. The smallest absolute Gasteiger partial charge is 0.178 e. The lowest BCUT2D eigenvalue weighted by Crippen LogP contribution is -2.25. The first-order valence-corrected chi connectivity index (χ1v) is 7.06. The van der Waals surface area contributed by atoms with Crippen molar-refractivity contribution in [1.82, 2.24) is 0 Å². The predicted molar refractivity (Wildman–Crippen MR) is 55.2 cm³/mol. The molecule has 0 aromatic carbocycles. The third kappa shape index (κ3) is 7.15. The molecule has 0 radical (unpaired) electrons. The van der Waals surface area contributed by atoms with E-state index in [0.717, 1.165) is 19.0 Å². The average molecular weight is 207 g/mol. The molecular weight excluding hydrogens is 186 g/mol. The van der Waals surface area contributed by atoms with Crippen LogP contribution in [0.1, 0.15) is 6.42 Å². The van der Waals surface area contributed by atoms with E-state index < -0.39 is 9.04 Å². The normalized spacial score (nSPS) is 13.6. The molecule has 0 rings (SSSR count). The Morgan fingerprint density at radius 3 is 2.38 bits per heavy atom. The van der Waals surface area contributed by atoms with Gasteiger partial charge in [-0.2, -0.15) is 0 Å². The Hall–Kier alpha value is 0.0569. The number of rotatable bonds is 8. The molecule has 0 aliphatic carbocycles. The third-order valence-electron chi connectivity index (χ3n) is 1.86. The highest BCUT2D eigenvalue weighted by Crippen LogP contribution is 2.00. The van der Waals surface area contributed by atoms with Crippen molar-refractivity contribution in [3.8, 4) is 0 Å². The predicted octanol–water partition coefficient (Wildman–Crippen LogP) is 0.324. The van der Waals surface area contributed by atoms with E-state index in [9.17, 15) is 0 Å². The van der Waals surface area contributed by atoms with Crippen LogP contribution in [0, 0.1) is 0 Å². The molecular formula is C8H21NO3Si. The van der Waals surface area contributed by atoms with Crippen molar-refractivity contribution in [1.29, 1.82) is 0 Å². The van der Waals surface area contributed by atoms with Gasteiger partial charge in [0.2, 0.25) is 0 Å². The summed E-state index contributed by atoms with van der Waals surface area (Å²) in [7, 11) is 2.19. The zero-order chi connectivity index (χ0) is 10.1. The molecule has 0 saturated carbocycles. The van der Waals surface area contributed by atoms with Crippen molar-refractivity contribution in [2.75, 3.05) is 27.4 Å². The van der Waals surface area contributed by atoms with Crippen LogP contribution in [0.2, 0.25) is 12.6 Å². The van der Waals surface area contributed by atoms with E-state index >= 15 is 0 Å². The van der Waals surface area contributed by atoms with Crippen LogP contribution in [0.4, 0.5) is 0 Å². The molecule has 13 heavy (non-hydrogen) atoms. The topological polar surface area (TPSA) is 53.7 Å². The fourth-order valence-corrected chi connectivity index (χ4v) is 2.43. The van der Waals surface area contributed by atoms with Crippen molar-refractivity contribution in [2.45, 2.75) is 25.3 Å². The SMILES string of the molecule is COC(CO[SiH](C)CCCN)OC. The quantitative estimate of drug-likeness (QED) is 0.460. The van der Waals surface area contributed by atoms with Crippen LogP contribution in [0.25, 0.3) is 0 Å². The second-order valence-corrected chi connectivity index (χ2v) is 5.51. The fourth-order valence-electron chi connectivity index (χ4n) is 0.964. The van der Waals surface area contributed by atoms with Gasteiger partial charge >= 0.3 is 0 Å². The summed E-state index contributed by atoms with van der Waals surface area (Å²) in [5.41, 5.74) is 5.40. The van der Waals surface area contributed by atoms with Gasteiger partial charge in [-0.25, -0.2) is 0 Å². The first-order valence-electron chi connectivity index (χ1n) is 4.61. The van der Waals surface area contributed by atoms with E-state index in [2.05, 4.69) is 6.55 Å². The van der Waals surface area contributed by atoms with Gasteiger partial charge in [-0.3, -0.25) is 0 Å². The Balaban J connectivity index is 3.38. The first-order chi connectivity index (χ1) is 6.24. The summed E-state index contributed by atoms with van der Waals surface area (Å²) in [6.45, 7) is 3.45. The van der Waals surface area contributed by atoms with Crippen molar-refractivity contribution in [3.05, 3.63) is 0 Å². The number of methoxy groups -OCH3 is 2. The average Bonchev–Trinajstić information content (AvgIpc) is 2.16. The Labute approximate surface area is 82.1 Å². The highest BCUT2D eigenvalue weighted by molar-refractivity contribution is 6.50. The maximum Gasteiger partial charge on any atom is 0.178 e. The first kappa shape index (κ1) is 13.1. The fraction of sp³-hybridized carbons (Fsp3) is 1.00. The van der Waals surface area contributed by atoms with E-state index in [4.69, 9.17) is 19.6 Å².